The smallest absolute Gasteiger partial charge is 0.246 e. The van der Waals surface area contributed by atoms with Crippen molar-refractivity contribution in [3.63, 3.8) is 0 Å². The van der Waals surface area contributed by atoms with E-state index in [0.717, 1.165) is 10.1 Å². The van der Waals surface area contributed by atoms with E-state index in [9.17, 15) is 72.2 Å². The lowest BCUT2D eigenvalue weighted by Gasteiger charge is -2.36. The van der Waals surface area contributed by atoms with Crippen molar-refractivity contribution in [2.45, 2.75) is 256 Å². The highest BCUT2D eigenvalue weighted by molar-refractivity contribution is 7.17. The SMILES string of the molecule is C/C=N\C=C(/C)C[C@H](NC(=O)C1CCCN1C(=O)[C@H](CC=O)NC(=O)C1CCCCN1C=O)C(=O)NC(CCC)C(=O)N1CCCC1C(=O)NCC(=O)NC(CO)C(=O)NC(Cc1csc2ccccc12)C(=O)N(C)[C@@H](CCCC)C(=O)N(C)[C@@H](CCCC)C(=O)NC(CCC=O)C(=O)NC(C)CC. The molecule has 0 saturated carbocycles. The van der Waals surface area contributed by atoms with E-state index < -0.39 is 157 Å². The Kier molecular flexibility index (Phi) is 36.2. The summed E-state index contributed by atoms with van der Waals surface area (Å²) >= 11 is 1.41. The summed E-state index contributed by atoms with van der Waals surface area (Å²) in [5.41, 5.74) is 1.24. The summed E-state index contributed by atoms with van der Waals surface area (Å²) in [5, 5.41) is 34.8. The summed E-state index contributed by atoms with van der Waals surface area (Å²) < 4.78 is 0.890. The van der Waals surface area contributed by atoms with E-state index >= 15 is 4.79 Å². The first kappa shape index (κ1) is 85.6. The number of carbonyl (C=O) groups is 15. The van der Waals surface area contributed by atoms with E-state index in [1.807, 2.05) is 57.3 Å². The van der Waals surface area contributed by atoms with Crippen LogP contribution in [0.25, 0.3) is 10.1 Å². The van der Waals surface area contributed by atoms with Gasteiger partial charge in [0.1, 0.15) is 79.0 Å². The second-order valence-corrected chi connectivity index (χ2v) is 28.0. The van der Waals surface area contributed by atoms with Crippen molar-refractivity contribution in [2.24, 2.45) is 4.99 Å². The number of rotatable bonds is 43. The van der Waals surface area contributed by atoms with E-state index in [1.165, 1.54) is 62.3 Å². The molecule has 3 aliphatic rings. The number of nitrogens with one attached hydrogen (secondary N) is 8. The summed E-state index contributed by atoms with van der Waals surface area (Å²) in [6.45, 7) is 11.6. The number of aliphatic imine (C=N–C) groups is 1. The van der Waals surface area contributed by atoms with Crippen LogP contribution in [0.15, 0.2) is 46.4 Å². The number of fused-ring (bicyclic) bond motifs is 1. The molecule has 574 valence electrons. The molecule has 0 radical (unpaired) electrons. The van der Waals surface area contributed by atoms with Crippen LogP contribution in [-0.4, -0.2) is 245 Å². The van der Waals surface area contributed by atoms with Crippen molar-refractivity contribution >= 4 is 118 Å². The van der Waals surface area contributed by atoms with Crippen molar-refractivity contribution < 1.29 is 77.0 Å². The normalized spacial score (nSPS) is 18.6. The van der Waals surface area contributed by atoms with Crippen LogP contribution in [0.5, 0.6) is 0 Å². The Hall–Kier alpha value is -9.00. The molecule has 1 aromatic carbocycles. The number of likely N-dealkylation sites (tertiary alicyclic amines) is 3. The van der Waals surface area contributed by atoms with Crippen LogP contribution in [0.1, 0.15) is 182 Å². The first-order chi connectivity index (χ1) is 49.9. The highest BCUT2D eigenvalue weighted by Crippen LogP contribution is 2.29. The lowest BCUT2D eigenvalue weighted by Crippen LogP contribution is -2.60. The van der Waals surface area contributed by atoms with Crippen LogP contribution in [0.4, 0.5) is 0 Å². The maximum Gasteiger partial charge on any atom is 0.246 e. The van der Waals surface area contributed by atoms with Gasteiger partial charge in [-0.2, -0.15) is 0 Å². The van der Waals surface area contributed by atoms with E-state index in [-0.39, 0.29) is 76.9 Å². The van der Waals surface area contributed by atoms with Crippen molar-refractivity contribution in [1.82, 2.24) is 67.0 Å². The largest absolute Gasteiger partial charge is 0.394 e. The Labute approximate surface area is 613 Å². The van der Waals surface area contributed by atoms with Crippen molar-refractivity contribution in [1.29, 1.82) is 0 Å². The average molecular weight is 1470 g/mol. The molecule has 0 aliphatic carbocycles. The molecule has 13 amide bonds. The fourth-order valence-electron chi connectivity index (χ4n) is 13.2. The quantitative estimate of drug-likeness (QED) is 0.0339. The van der Waals surface area contributed by atoms with E-state index in [2.05, 4.69) is 47.5 Å². The molecule has 9 N–H and O–H groups in total. The Balaban J connectivity index is 1.29. The Bertz CT molecular complexity index is 3360. The molecular weight excluding hydrogens is 1360 g/mol. The standard InChI is InChI=1S/C73H110N14O16S/c1-10-15-27-56(67(97)78-50(26-23-37-88)63(93)76-47(7)13-4)83(8)73(103)60(28-16-11-2)84(9)70(100)54(40-48-44-104-61-32-18-17-25-49(48)61)82-65(95)55(43-90)77-62(92)42-75-66(96)58-30-21-35-86(58)71(101)51(24-12-3)79-64(94)53(39-46(6)41-74-14-5)81-69(99)59-31-22-36-87(59)72(102)52(33-38-89)80-68(98)57-29-19-20-34-85(57)45-91/h14,17-18,25,32,37-38,41,44-45,47,50-60,90H,10-13,15-16,19-24,26-31,33-36,39-40,42-43H2,1-9H3,(H,75,96)(H,76,93)(H,77,92)(H,78,97)(H,79,94)(H,80,98)(H,81,99)(H,82,95)/b46-41+,74-14-/t47?,50?,51?,52-,53-,54?,55?,56-,57?,58?,59?,60-/m0/s1. The van der Waals surface area contributed by atoms with Gasteiger partial charge in [-0.05, 0) is 127 Å². The van der Waals surface area contributed by atoms with Crippen molar-refractivity contribution in [3.05, 3.63) is 47.0 Å². The molecule has 2 aromatic rings. The summed E-state index contributed by atoms with van der Waals surface area (Å²) in [4.78, 5) is 216. The van der Waals surface area contributed by atoms with E-state index in [0.29, 0.717) is 107 Å². The van der Waals surface area contributed by atoms with E-state index in [1.54, 1.807) is 20.8 Å². The van der Waals surface area contributed by atoms with Gasteiger partial charge < -0.3 is 81.7 Å². The molecule has 31 heteroatoms. The number of aliphatic hydroxyl groups excluding tert-OH is 1. The fourth-order valence-corrected chi connectivity index (χ4v) is 14.2. The third-order valence-electron chi connectivity index (χ3n) is 19.3. The first-order valence-corrected chi connectivity index (χ1v) is 37.6. The van der Waals surface area contributed by atoms with Crippen molar-refractivity contribution in [2.75, 3.05) is 46.9 Å². The second-order valence-electron chi connectivity index (χ2n) is 27.1. The molecule has 8 unspecified atom stereocenters. The predicted octanol–water partition coefficient (Wildman–Crippen LogP) is 2.16. The number of amides is 13. The number of hydrogen-bond donors (Lipinski definition) is 9. The average Bonchev–Trinajstić information content (AvgIpc) is 1.52. The van der Waals surface area contributed by atoms with Crippen LogP contribution in [0.3, 0.4) is 0 Å². The zero-order chi connectivity index (χ0) is 76.6. The number of unbranched alkanes of at least 4 members (excludes halogenated alkanes) is 2. The summed E-state index contributed by atoms with van der Waals surface area (Å²) in [5.74, 6) is -8.41. The van der Waals surface area contributed by atoms with Gasteiger partial charge in [-0.25, -0.2) is 0 Å². The lowest BCUT2D eigenvalue weighted by molar-refractivity contribution is -0.149. The molecule has 30 nitrogen and oxygen atoms in total. The van der Waals surface area contributed by atoms with Gasteiger partial charge >= 0.3 is 0 Å². The summed E-state index contributed by atoms with van der Waals surface area (Å²) in [6, 6.07) is -6.14. The van der Waals surface area contributed by atoms with E-state index in [4.69, 9.17) is 0 Å². The Morgan fingerprint density at radius 2 is 1.20 bits per heavy atom. The molecule has 5 rings (SSSR count). The van der Waals surface area contributed by atoms with Gasteiger partial charge in [-0.1, -0.05) is 83.6 Å². The number of carbonyl (C=O) groups excluding carboxylic acids is 15. The predicted molar refractivity (Wildman–Crippen MR) is 391 cm³/mol. The zero-order valence-electron chi connectivity index (χ0n) is 61.7. The third-order valence-corrected chi connectivity index (χ3v) is 20.4. The zero-order valence-corrected chi connectivity index (χ0v) is 62.6. The van der Waals surface area contributed by atoms with Gasteiger partial charge in [0, 0.05) is 76.1 Å². The van der Waals surface area contributed by atoms with Gasteiger partial charge in [-0.15, -0.1) is 11.3 Å². The molecule has 1 aromatic heterocycles. The van der Waals surface area contributed by atoms with Crippen LogP contribution < -0.4 is 42.5 Å². The van der Waals surface area contributed by atoms with Gasteiger partial charge in [-0.3, -0.25) is 67.3 Å². The van der Waals surface area contributed by atoms with Crippen LogP contribution in [-0.2, 0) is 78.3 Å². The van der Waals surface area contributed by atoms with Crippen LogP contribution >= 0.6 is 11.3 Å². The fraction of sp³-hybridized carbons (Fsp3) is 0.644. The summed E-state index contributed by atoms with van der Waals surface area (Å²) in [7, 11) is 2.88. The highest BCUT2D eigenvalue weighted by Gasteiger charge is 2.44. The number of aldehydes is 2. The molecule has 104 heavy (non-hydrogen) atoms. The lowest BCUT2D eigenvalue weighted by atomic mass is 10.00. The second kappa shape index (κ2) is 44.0. The van der Waals surface area contributed by atoms with Gasteiger partial charge in [0.05, 0.1) is 13.2 Å². The number of benzene rings is 1. The maximum atomic E-state index is 15.1. The number of nitrogens with zero attached hydrogens (tertiary/aromatic N) is 6. The van der Waals surface area contributed by atoms with Crippen LogP contribution in [0.2, 0.25) is 0 Å². The Morgan fingerprint density at radius 1 is 0.615 bits per heavy atom. The van der Waals surface area contributed by atoms with Gasteiger partial charge in [0.25, 0.3) is 0 Å². The van der Waals surface area contributed by atoms with Crippen molar-refractivity contribution in [3.8, 4) is 0 Å². The minimum atomic E-state index is -1.68. The molecule has 3 fully saturated rings. The molecular formula is C73H110N14O16S. The molecule has 3 saturated heterocycles. The molecule has 12 atom stereocenters. The molecule has 3 aliphatic heterocycles. The molecule has 4 heterocycles. The minimum absolute atomic E-state index is 0.00753. The van der Waals surface area contributed by atoms with Gasteiger partial charge in [0.15, 0.2) is 0 Å². The van der Waals surface area contributed by atoms with Gasteiger partial charge in [0.2, 0.25) is 77.3 Å². The number of aliphatic hydroxyl groups is 1. The number of hydrogen-bond acceptors (Lipinski definition) is 18. The van der Waals surface area contributed by atoms with Crippen LogP contribution in [0, 0.1) is 0 Å². The Morgan fingerprint density at radius 3 is 1.83 bits per heavy atom. The molecule has 0 bridgehead atoms. The summed E-state index contributed by atoms with van der Waals surface area (Å²) in [6.07, 6.45) is 10.8. The minimum Gasteiger partial charge on any atom is -0.394 e. The third kappa shape index (κ3) is 24.6. The maximum absolute atomic E-state index is 15.1. The number of likely N-dealkylation sites (N-methyl/N-ethyl adjacent to an activating group) is 2. The monoisotopic (exact) mass is 1470 g/mol. The highest BCUT2D eigenvalue weighted by atomic mass is 32.1. The number of thiophene rings is 1. The first-order valence-electron chi connectivity index (χ1n) is 36.7. The topological polar surface area (TPSA) is 401 Å². The molecule has 0 spiro atoms. The number of piperidine rings is 1.